The van der Waals surface area contributed by atoms with Gasteiger partial charge in [-0.2, -0.15) is 0 Å². The normalized spacial score (nSPS) is 25.9. The van der Waals surface area contributed by atoms with Crippen molar-refractivity contribution in [3.63, 3.8) is 0 Å². The van der Waals surface area contributed by atoms with Crippen molar-refractivity contribution < 1.29 is 14.3 Å². The Morgan fingerprint density at radius 1 is 1.30 bits per heavy atom. The van der Waals surface area contributed by atoms with Gasteiger partial charge in [-0.15, -0.1) is 0 Å². The van der Waals surface area contributed by atoms with Crippen LogP contribution in [0.2, 0.25) is 0 Å². The third-order valence-electron chi connectivity index (χ3n) is 4.25. The fourth-order valence-electron chi connectivity index (χ4n) is 3.32. The molecule has 1 unspecified atom stereocenters. The van der Waals surface area contributed by atoms with Crippen LogP contribution in [-0.2, 0) is 9.53 Å². The third-order valence-corrected chi connectivity index (χ3v) is 4.25. The molecule has 5 heteroatoms. The van der Waals surface area contributed by atoms with Crippen molar-refractivity contribution in [2.75, 3.05) is 6.54 Å². The zero-order valence-corrected chi connectivity index (χ0v) is 12.8. The number of hydrogen-bond donors (Lipinski definition) is 2. The van der Waals surface area contributed by atoms with E-state index in [0.717, 1.165) is 25.7 Å². The molecular formula is C15H26N2O3. The molecule has 2 fully saturated rings. The van der Waals surface area contributed by atoms with E-state index in [2.05, 4.69) is 10.6 Å². The predicted octanol–water partition coefficient (Wildman–Crippen LogP) is 2.35. The van der Waals surface area contributed by atoms with Gasteiger partial charge in [0.15, 0.2) is 0 Å². The van der Waals surface area contributed by atoms with Crippen LogP contribution in [-0.4, -0.2) is 29.7 Å². The van der Waals surface area contributed by atoms with Crippen molar-refractivity contribution in [1.82, 2.24) is 10.6 Å². The lowest BCUT2D eigenvalue weighted by Crippen LogP contribution is -2.56. The molecule has 0 aromatic carbocycles. The molecule has 1 aliphatic carbocycles. The molecule has 1 saturated carbocycles. The monoisotopic (exact) mass is 282 g/mol. The molecule has 1 heterocycles. The summed E-state index contributed by atoms with van der Waals surface area (Å²) < 4.78 is 5.40. The molecule has 114 valence electrons. The van der Waals surface area contributed by atoms with E-state index in [1.54, 1.807) is 0 Å². The largest absolute Gasteiger partial charge is 0.444 e. The quantitative estimate of drug-likeness (QED) is 0.817. The van der Waals surface area contributed by atoms with Crippen LogP contribution in [0.25, 0.3) is 0 Å². The van der Waals surface area contributed by atoms with Crippen molar-refractivity contribution in [2.24, 2.45) is 5.92 Å². The molecule has 2 rings (SSSR count). The van der Waals surface area contributed by atoms with Gasteiger partial charge in [-0.25, -0.2) is 4.79 Å². The first kappa shape index (κ1) is 15.1. The molecule has 5 nitrogen and oxygen atoms in total. The average Bonchev–Trinajstić information content (AvgIpc) is 2.75. The van der Waals surface area contributed by atoms with Gasteiger partial charge in [-0.1, -0.05) is 19.3 Å². The topological polar surface area (TPSA) is 67.4 Å². The number of carbonyl (C=O) groups excluding carboxylic acids is 2. The summed E-state index contributed by atoms with van der Waals surface area (Å²) in [7, 11) is 0. The molecule has 2 aliphatic rings. The molecular weight excluding hydrogens is 256 g/mol. The van der Waals surface area contributed by atoms with E-state index in [0.29, 0.717) is 13.0 Å². The Balaban J connectivity index is 2.07. The highest BCUT2D eigenvalue weighted by Crippen LogP contribution is 2.37. The molecule has 0 aromatic rings. The first-order valence-electron chi connectivity index (χ1n) is 7.59. The Hall–Kier alpha value is -1.26. The number of carbonyl (C=O) groups is 2. The van der Waals surface area contributed by atoms with Crippen LogP contribution in [0.4, 0.5) is 4.79 Å². The first-order chi connectivity index (χ1) is 9.31. The van der Waals surface area contributed by atoms with Crippen LogP contribution in [0.3, 0.4) is 0 Å². The molecule has 0 bridgehead atoms. The van der Waals surface area contributed by atoms with Crippen LogP contribution < -0.4 is 10.6 Å². The van der Waals surface area contributed by atoms with Crippen LogP contribution in [0.15, 0.2) is 0 Å². The van der Waals surface area contributed by atoms with Crippen molar-refractivity contribution in [1.29, 1.82) is 0 Å². The lowest BCUT2D eigenvalue weighted by Gasteiger charge is -2.42. The van der Waals surface area contributed by atoms with Gasteiger partial charge in [0.05, 0.1) is 0 Å². The highest BCUT2D eigenvalue weighted by molar-refractivity contribution is 5.79. The summed E-state index contributed by atoms with van der Waals surface area (Å²) in [6.45, 7) is 6.25. The van der Waals surface area contributed by atoms with Crippen molar-refractivity contribution >= 4 is 12.0 Å². The minimum atomic E-state index is -0.496. The molecule has 1 saturated heterocycles. The minimum absolute atomic E-state index is 0.0888. The Labute approximate surface area is 120 Å². The van der Waals surface area contributed by atoms with Crippen molar-refractivity contribution in [3.8, 4) is 0 Å². The van der Waals surface area contributed by atoms with Gasteiger partial charge in [-0.3, -0.25) is 4.79 Å². The Kier molecular flexibility index (Phi) is 4.25. The second-order valence-electron chi connectivity index (χ2n) is 7.05. The van der Waals surface area contributed by atoms with E-state index in [9.17, 15) is 9.59 Å². The van der Waals surface area contributed by atoms with Gasteiger partial charge in [0.2, 0.25) is 5.91 Å². The van der Waals surface area contributed by atoms with Crippen LogP contribution in [0, 0.1) is 5.92 Å². The third kappa shape index (κ3) is 3.64. The van der Waals surface area contributed by atoms with E-state index < -0.39 is 5.60 Å². The Bertz CT molecular complexity index is 381. The first-order valence-corrected chi connectivity index (χ1v) is 7.59. The molecule has 0 radical (unpaired) electrons. The lowest BCUT2D eigenvalue weighted by atomic mass is 9.72. The van der Waals surface area contributed by atoms with Crippen LogP contribution in [0.1, 0.15) is 59.3 Å². The second kappa shape index (κ2) is 5.62. The SMILES string of the molecule is CC(C)(C)OC(=O)NC1(C2CNC(=O)C2)CCCCC1. The van der Waals surface area contributed by atoms with E-state index in [-0.39, 0.29) is 23.5 Å². The summed E-state index contributed by atoms with van der Waals surface area (Å²) >= 11 is 0. The zero-order valence-electron chi connectivity index (χ0n) is 12.8. The van der Waals surface area contributed by atoms with Gasteiger partial charge >= 0.3 is 6.09 Å². The number of amides is 2. The van der Waals surface area contributed by atoms with Gasteiger partial charge in [0.1, 0.15) is 5.60 Å². The second-order valence-corrected chi connectivity index (χ2v) is 7.05. The van der Waals surface area contributed by atoms with E-state index >= 15 is 0 Å². The van der Waals surface area contributed by atoms with Gasteiger partial charge < -0.3 is 15.4 Å². The van der Waals surface area contributed by atoms with E-state index in [1.807, 2.05) is 20.8 Å². The Morgan fingerprint density at radius 2 is 1.95 bits per heavy atom. The molecule has 0 spiro atoms. The lowest BCUT2D eigenvalue weighted by molar-refractivity contribution is -0.119. The number of hydrogen-bond acceptors (Lipinski definition) is 3. The van der Waals surface area contributed by atoms with E-state index in [4.69, 9.17) is 4.74 Å². The standard InChI is InChI=1S/C15H26N2O3/c1-14(2,3)20-13(19)17-15(7-5-4-6-8-15)11-9-12(18)16-10-11/h11H,4-10H2,1-3H3,(H,16,18)(H,17,19). The summed E-state index contributed by atoms with van der Waals surface area (Å²) in [4.78, 5) is 23.6. The molecule has 0 aromatic heterocycles. The smallest absolute Gasteiger partial charge is 0.408 e. The maximum atomic E-state index is 12.1. The van der Waals surface area contributed by atoms with Gasteiger partial charge in [0.25, 0.3) is 0 Å². The van der Waals surface area contributed by atoms with Crippen LogP contribution >= 0.6 is 0 Å². The van der Waals surface area contributed by atoms with E-state index in [1.165, 1.54) is 6.42 Å². The Morgan fingerprint density at radius 3 is 2.45 bits per heavy atom. The molecule has 1 aliphatic heterocycles. The van der Waals surface area contributed by atoms with Gasteiger partial charge in [-0.05, 0) is 33.6 Å². The predicted molar refractivity (Wildman–Crippen MR) is 76.3 cm³/mol. The summed E-state index contributed by atoms with van der Waals surface area (Å²) in [6.07, 6.45) is 5.42. The molecule has 1 atom stereocenters. The summed E-state index contributed by atoms with van der Waals surface area (Å²) in [5.41, 5.74) is -0.774. The van der Waals surface area contributed by atoms with Gasteiger partial charge in [0, 0.05) is 24.4 Å². The number of rotatable bonds is 2. The maximum absolute atomic E-state index is 12.1. The van der Waals surface area contributed by atoms with Crippen LogP contribution in [0.5, 0.6) is 0 Å². The minimum Gasteiger partial charge on any atom is -0.444 e. The highest BCUT2D eigenvalue weighted by Gasteiger charge is 2.44. The molecule has 2 N–H and O–H groups in total. The molecule has 20 heavy (non-hydrogen) atoms. The van der Waals surface area contributed by atoms with Crippen molar-refractivity contribution in [3.05, 3.63) is 0 Å². The fraction of sp³-hybridized carbons (Fsp3) is 0.867. The maximum Gasteiger partial charge on any atom is 0.408 e. The number of alkyl carbamates (subject to hydrolysis) is 1. The fourth-order valence-corrected chi connectivity index (χ4v) is 3.32. The highest BCUT2D eigenvalue weighted by atomic mass is 16.6. The average molecular weight is 282 g/mol. The summed E-state index contributed by atoms with van der Waals surface area (Å²) in [5.74, 6) is 0.272. The van der Waals surface area contributed by atoms with Crippen molar-refractivity contribution in [2.45, 2.75) is 70.4 Å². The zero-order chi connectivity index (χ0) is 14.8. The summed E-state index contributed by atoms with van der Waals surface area (Å²) in [6, 6.07) is 0. The number of nitrogens with one attached hydrogen (secondary N) is 2. The summed E-state index contributed by atoms with van der Waals surface area (Å²) in [5, 5.41) is 5.98. The molecule has 2 amide bonds. The number of ether oxygens (including phenoxy) is 1.